The SMILES string of the molecule is O=C(NCCn1c(-c2ccncc2)nc2ccccc21)c1cccc(Cl)c1. The maximum atomic E-state index is 12.3. The summed E-state index contributed by atoms with van der Waals surface area (Å²) in [5.74, 6) is 0.711. The minimum atomic E-state index is -0.146. The lowest BCUT2D eigenvalue weighted by atomic mass is 10.2. The molecule has 134 valence electrons. The number of nitrogens with zero attached hydrogens (tertiary/aromatic N) is 3. The lowest BCUT2D eigenvalue weighted by Crippen LogP contribution is -2.27. The minimum absolute atomic E-state index is 0.146. The topological polar surface area (TPSA) is 59.8 Å². The van der Waals surface area contributed by atoms with E-state index < -0.39 is 0 Å². The van der Waals surface area contributed by atoms with E-state index >= 15 is 0 Å². The number of carbonyl (C=O) groups excluding carboxylic acids is 1. The predicted molar refractivity (Wildman–Crippen MR) is 107 cm³/mol. The van der Waals surface area contributed by atoms with Crippen LogP contribution in [0, 0.1) is 0 Å². The predicted octanol–water partition coefficient (Wildman–Crippen LogP) is 4.18. The molecule has 0 unspecified atom stereocenters. The molecule has 0 radical (unpaired) electrons. The molecule has 4 aromatic rings. The number of halogens is 1. The molecule has 6 heteroatoms. The van der Waals surface area contributed by atoms with Crippen molar-refractivity contribution >= 4 is 28.5 Å². The number of aromatic nitrogens is 3. The molecular weight excluding hydrogens is 360 g/mol. The average Bonchev–Trinajstić information content (AvgIpc) is 3.07. The third-order valence-electron chi connectivity index (χ3n) is 4.30. The molecular formula is C21H17ClN4O. The molecule has 1 amide bonds. The quantitative estimate of drug-likeness (QED) is 0.568. The Morgan fingerprint density at radius 2 is 1.85 bits per heavy atom. The first kappa shape index (κ1) is 17.2. The normalized spacial score (nSPS) is 10.9. The number of fused-ring (bicyclic) bond motifs is 1. The number of benzene rings is 2. The Hall–Kier alpha value is -3.18. The molecule has 5 nitrogen and oxygen atoms in total. The minimum Gasteiger partial charge on any atom is -0.350 e. The highest BCUT2D eigenvalue weighted by atomic mass is 35.5. The number of carbonyl (C=O) groups is 1. The van der Waals surface area contributed by atoms with Crippen molar-refractivity contribution in [3.63, 3.8) is 0 Å². The Kier molecular flexibility index (Phi) is 4.85. The lowest BCUT2D eigenvalue weighted by molar-refractivity contribution is 0.0952. The number of hydrogen-bond donors (Lipinski definition) is 1. The third-order valence-corrected chi connectivity index (χ3v) is 4.54. The first-order chi connectivity index (χ1) is 13.2. The first-order valence-corrected chi connectivity index (χ1v) is 8.99. The second-order valence-electron chi connectivity index (χ2n) is 6.08. The van der Waals surface area contributed by atoms with Crippen LogP contribution in [0.15, 0.2) is 73.1 Å². The van der Waals surface area contributed by atoms with Gasteiger partial charge in [-0.3, -0.25) is 9.78 Å². The van der Waals surface area contributed by atoms with Crippen LogP contribution >= 0.6 is 11.6 Å². The van der Waals surface area contributed by atoms with Gasteiger partial charge in [0.15, 0.2) is 0 Å². The zero-order valence-corrected chi connectivity index (χ0v) is 15.2. The summed E-state index contributed by atoms with van der Waals surface area (Å²) in [6, 6.07) is 18.8. The fraction of sp³-hybridized carbons (Fsp3) is 0.0952. The van der Waals surface area contributed by atoms with Crippen molar-refractivity contribution in [3.8, 4) is 11.4 Å². The molecule has 0 aliphatic heterocycles. The number of pyridine rings is 1. The summed E-state index contributed by atoms with van der Waals surface area (Å²) < 4.78 is 2.11. The molecule has 0 saturated carbocycles. The van der Waals surface area contributed by atoms with E-state index in [0.29, 0.717) is 23.7 Å². The van der Waals surface area contributed by atoms with Crippen LogP contribution in [0.5, 0.6) is 0 Å². The van der Waals surface area contributed by atoms with Crippen molar-refractivity contribution in [2.75, 3.05) is 6.54 Å². The Morgan fingerprint density at radius 1 is 1.04 bits per heavy atom. The number of hydrogen-bond acceptors (Lipinski definition) is 3. The molecule has 0 saturated heterocycles. The Bertz CT molecular complexity index is 1090. The van der Waals surface area contributed by atoms with Crippen LogP contribution in [-0.4, -0.2) is 27.0 Å². The summed E-state index contributed by atoms with van der Waals surface area (Å²) in [5.41, 5.74) is 3.49. The van der Waals surface area contributed by atoms with Crippen LogP contribution in [0.1, 0.15) is 10.4 Å². The molecule has 0 bridgehead atoms. The molecule has 0 atom stereocenters. The molecule has 1 N–H and O–H groups in total. The molecule has 4 rings (SSSR count). The Morgan fingerprint density at radius 3 is 2.67 bits per heavy atom. The molecule has 0 aliphatic carbocycles. The van der Waals surface area contributed by atoms with Gasteiger partial charge < -0.3 is 9.88 Å². The van der Waals surface area contributed by atoms with Crippen LogP contribution in [0.25, 0.3) is 22.4 Å². The summed E-state index contributed by atoms with van der Waals surface area (Å²) in [5, 5.41) is 3.49. The number of nitrogens with one attached hydrogen (secondary N) is 1. The van der Waals surface area contributed by atoms with Gasteiger partial charge in [-0.25, -0.2) is 4.98 Å². The van der Waals surface area contributed by atoms with Crippen molar-refractivity contribution in [3.05, 3.63) is 83.6 Å². The van der Waals surface area contributed by atoms with Gasteiger partial charge >= 0.3 is 0 Å². The van der Waals surface area contributed by atoms with Gasteiger partial charge in [-0.1, -0.05) is 29.8 Å². The van der Waals surface area contributed by atoms with Gasteiger partial charge in [0.1, 0.15) is 5.82 Å². The molecule has 0 spiro atoms. The summed E-state index contributed by atoms with van der Waals surface area (Å²) in [4.78, 5) is 21.2. The maximum absolute atomic E-state index is 12.3. The monoisotopic (exact) mass is 376 g/mol. The van der Waals surface area contributed by atoms with Crippen LogP contribution < -0.4 is 5.32 Å². The lowest BCUT2D eigenvalue weighted by Gasteiger charge is -2.11. The zero-order chi connectivity index (χ0) is 18.6. The third kappa shape index (κ3) is 3.68. The molecule has 27 heavy (non-hydrogen) atoms. The molecule has 2 aromatic carbocycles. The van der Waals surface area contributed by atoms with E-state index in [1.165, 1.54) is 0 Å². The van der Waals surface area contributed by atoms with Crippen LogP contribution in [0.3, 0.4) is 0 Å². The van der Waals surface area contributed by atoms with Crippen molar-refractivity contribution in [1.29, 1.82) is 0 Å². The molecule has 0 fully saturated rings. The first-order valence-electron chi connectivity index (χ1n) is 8.62. The van der Waals surface area contributed by atoms with E-state index in [1.807, 2.05) is 36.4 Å². The standard InChI is InChI=1S/C21H17ClN4O/c22-17-5-3-4-16(14-17)21(27)24-12-13-26-19-7-2-1-6-18(19)25-20(26)15-8-10-23-11-9-15/h1-11,14H,12-13H2,(H,24,27). The Balaban J connectivity index is 1.57. The summed E-state index contributed by atoms with van der Waals surface area (Å²) in [6.45, 7) is 1.08. The van der Waals surface area contributed by atoms with Crippen molar-refractivity contribution in [2.24, 2.45) is 0 Å². The van der Waals surface area contributed by atoms with Crippen LogP contribution in [0.2, 0.25) is 5.02 Å². The smallest absolute Gasteiger partial charge is 0.251 e. The fourth-order valence-corrected chi connectivity index (χ4v) is 3.23. The van der Waals surface area contributed by atoms with Crippen LogP contribution in [0.4, 0.5) is 0 Å². The zero-order valence-electron chi connectivity index (χ0n) is 14.5. The summed E-state index contributed by atoms with van der Waals surface area (Å²) in [6.07, 6.45) is 3.50. The molecule has 0 aliphatic rings. The number of amides is 1. The molecule has 2 heterocycles. The van der Waals surface area contributed by atoms with E-state index in [2.05, 4.69) is 14.9 Å². The average molecular weight is 377 g/mol. The van der Waals surface area contributed by atoms with Gasteiger partial charge in [0, 0.05) is 41.6 Å². The summed E-state index contributed by atoms with van der Waals surface area (Å²) >= 11 is 5.96. The van der Waals surface area contributed by atoms with Gasteiger partial charge in [-0.05, 0) is 42.5 Å². The van der Waals surface area contributed by atoms with Crippen molar-refractivity contribution in [2.45, 2.75) is 6.54 Å². The van der Waals surface area contributed by atoms with Gasteiger partial charge in [-0.2, -0.15) is 0 Å². The maximum Gasteiger partial charge on any atom is 0.251 e. The van der Waals surface area contributed by atoms with E-state index in [4.69, 9.17) is 16.6 Å². The number of imidazole rings is 1. The number of para-hydroxylation sites is 2. The Labute approximate surface area is 161 Å². The second kappa shape index (κ2) is 7.60. The van der Waals surface area contributed by atoms with Gasteiger partial charge in [0.2, 0.25) is 0 Å². The highest BCUT2D eigenvalue weighted by Gasteiger charge is 2.13. The second-order valence-corrected chi connectivity index (χ2v) is 6.51. The van der Waals surface area contributed by atoms with E-state index in [0.717, 1.165) is 22.4 Å². The highest BCUT2D eigenvalue weighted by Crippen LogP contribution is 2.24. The highest BCUT2D eigenvalue weighted by molar-refractivity contribution is 6.30. The van der Waals surface area contributed by atoms with E-state index in [-0.39, 0.29) is 5.91 Å². The van der Waals surface area contributed by atoms with E-state index in [9.17, 15) is 4.79 Å². The number of rotatable bonds is 5. The fourth-order valence-electron chi connectivity index (χ4n) is 3.04. The van der Waals surface area contributed by atoms with Crippen LogP contribution in [-0.2, 0) is 6.54 Å². The van der Waals surface area contributed by atoms with Gasteiger partial charge in [0.25, 0.3) is 5.91 Å². The summed E-state index contributed by atoms with van der Waals surface area (Å²) in [7, 11) is 0. The van der Waals surface area contributed by atoms with Gasteiger partial charge in [-0.15, -0.1) is 0 Å². The van der Waals surface area contributed by atoms with Crippen molar-refractivity contribution in [1.82, 2.24) is 19.9 Å². The van der Waals surface area contributed by atoms with Crippen molar-refractivity contribution < 1.29 is 4.79 Å². The van der Waals surface area contributed by atoms with E-state index in [1.54, 1.807) is 36.7 Å². The largest absolute Gasteiger partial charge is 0.350 e. The van der Waals surface area contributed by atoms with Gasteiger partial charge in [0.05, 0.1) is 11.0 Å². The molecule has 2 aromatic heterocycles.